The molecule has 0 aromatic heterocycles. The second-order valence-electron chi connectivity index (χ2n) is 6.23. The fraction of sp³-hybridized carbons (Fsp3) is 0.444. The standard InChI is InChI=1S/C18H20ClFN2O2/c19-14-6-7-15(16(20)12-14)18(24)22-9-3-8-21(10-11-22)17(23)13-4-1-2-5-13/h1-2,6-7,12-13H,3-5,8-11H2. The molecule has 1 aliphatic heterocycles. The zero-order valence-electron chi connectivity index (χ0n) is 13.4. The number of hydrogen-bond donors (Lipinski definition) is 0. The van der Waals surface area contributed by atoms with E-state index >= 15 is 0 Å². The van der Waals surface area contributed by atoms with Gasteiger partial charge in [0.1, 0.15) is 5.82 Å². The largest absolute Gasteiger partial charge is 0.341 e. The number of carbonyl (C=O) groups is 2. The maximum absolute atomic E-state index is 14.0. The highest BCUT2D eigenvalue weighted by atomic mass is 35.5. The SMILES string of the molecule is O=C(c1ccc(Cl)cc1F)N1CCCN(C(=O)C2CC=CC2)CC1. The summed E-state index contributed by atoms with van der Waals surface area (Å²) in [6.07, 6.45) is 6.38. The molecule has 0 bridgehead atoms. The van der Waals surface area contributed by atoms with Gasteiger partial charge in [-0.25, -0.2) is 4.39 Å². The van der Waals surface area contributed by atoms with Gasteiger partial charge in [0.05, 0.1) is 5.56 Å². The van der Waals surface area contributed by atoms with Crippen LogP contribution in [0.2, 0.25) is 5.02 Å². The van der Waals surface area contributed by atoms with Crippen molar-refractivity contribution in [1.29, 1.82) is 0 Å². The molecule has 24 heavy (non-hydrogen) atoms. The number of benzene rings is 1. The molecule has 0 saturated carbocycles. The van der Waals surface area contributed by atoms with Crippen LogP contribution >= 0.6 is 11.6 Å². The molecule has 6 heteroatoms. The van der Waals surface area contributed by atoms with Gasteiger partial charge in [-0.2, -0.15) is 0 Å². The summed E-state index contributed by atoms with van der Waals surface area (Å²) in [6.45, 7) is 2.08. The number of carbonyl (C=O) groups excluding carboxylic acids is 2. The van der Waals surface area contributed by atoms with Gasteiger partial charge in [0, 0.05) is 37.1 Å². The highest BCUT2D eigenvalue weighted by Gasteiger charge is 2.28. The summed E-state index contributed by atoms with van der Waals surface area (Å²) in [6, 6.07) is 4.08. The lowest BCUT2D eigenvalue weighted by atomic mass is 10.1. The van der Waals surface area contributed by atoms with E-state index in [9.17, 15) is 14.0 Å². The monoisotopic (exact) mass is 350 g/mol. The van der Waals surface area contributed by atoms with Crippen molar-refractivity contribution < 1.29 is 14.0 Å². The van der Waals surface area contributed by atoms with Crippen LogP contribution in [0.3, 0.4) is 0 Å². The number of amides is 2. The van der Waals surface area contributed by atoms with E-state index in [1.165, 1.54) is 12.1 Å². The van der Waals surface area contributed by atoms with Gasteiger partial charge < -0.3 is 9.80 Å². The molecule has 0 N–H and O–H groups in total. The van der Waals surface area contributed by atoms with Gasteiger partial charge in [-0.15, -0.1) is 0 Å². The van der Waals surface area contributed by atoms with Gasteiger partial charge in [-0.3, -0.25) is 9.59 Å². The Morgan fingerprint density at radius 1 is 1.04 bits per heavy atom. The Balaban J connectivity index is 1.64. The Morgan fingerprint density at radius 2 is 1.71 bits per heavy atom. The van der Waals surface area contributed by atoms with E-state index in [0.29, 0.717) is 32.6 Å². The average molecular weight is 351 g/mol. The second-order valence-corrected chi connectivity index (χ2v) is 6.67. The van der Waals surface area contributed by atoms with Gasteiger partial charge in [0.25, 0.3) is 5.91 Å². The lowest BCUT2D eigenvalue weighted by Crippen LogP contribution is -2.39. The van der Waals surface area contributed by atoms with Gasteiger partial charge in [-0.1, -0.05) is 23.8 Å². The third kappa shape index (κ3) is 3.61. The molecule has 1 aromatic carbocycles. The van der Waals surface area contributed by atoms with Crippen molar-refractivity contribution in [3.63, 3.8) is 0 Å². The zero-order chi connectivity index (χ0) is 17.1. The van der Waals surface area contributed by atoms with Crippen molar-refractivity contribution in [2.75, 3.05) is 26.2 Å². The summed E-state index contributed by atoms with van der Waals surface area (Å²) in [7, 11) is 0. The highest BCUT2D eigenvalue weighted by molar-refractivity contribution is 6.30. The first-order valence-electron chi connectivity index (χ1n) is 8.24. The Kier molecular flexibility index (Phi) is 5.19. The third-order valence-corrected chi connectivity index (χ3v) is 4.85. The van der Waals surface area contributed by atoms with Crippen LogP contribution in [0, 0.1) is 11.7 Å². The molecule has 0 radical (unpaired) electrons. The minimum Gasteiger partial charge on any atom is -0.341 e. The summed E-state index contributed by atoms with van der Waals surface area (Å²) in [5, 5.41) is 0.266. The topological polar surface area (TPSA) is 40.6 Å². The summed E-state index contributed by atoms with van der Waals surface area (Å²) >= 11 is 5.74. The molecule has 4 nitrogen and oxygen atoms in total. The van der Waals surface area contributed by atoms with Crippen LogP contribution in [0.4, 0.5) is 4.39 Å². The molecule has 0 atom stereocenters. The molecule has 2 aliphatic rings. The van der Waals surface area contributed by atoms with Crippen molar-refractivity contribution in [1.82, 2.24) is 9.80 Å². The molecule has 3 rings (SSSR count). The van der Waals surface area contributed by atoms with E-state index in [2.05, 4.69) is 0 Å². The smallest absolute Gasteiger partial charge is 0.256 e. The Morgan fingerprint density at radius 3 is 2.42 bits per heavy atom. The number of allylic oxidation sites excluding steroid dienone is 2. The summed E-state index contributed by atoms with van der Waals surface area (Å²) in [5.41, 5.74) is 0.0270. The Labute approximate surface area is 145 Å². The zero-order valence-corrected chi connectivity index (χ0v) is 14.1. The fourth-order valence-corrected chi connectivity index (χ4v) is 3.41. The first-order chi connectivity index (χ1) is 11.6. The molecule has 1 saturated heterocycles. The van der Waals surface area contributed by atoms with Crippen LogP contribution in [-0.4, -0.2) is 47.8 Å². The predicted octanol–water partition coefficient (Wildman–Crippen LogP) is 3.12. The van der Waals surface area contributed by atoms with E-state index < -0.39 is 5.82 Å². The molecular formula is C18H20ClFN2O2. The van der Waals surface area contributed by atoms with Crippen LogP contribution in [0.5, 0.6) is 0 Å². The summed E-state index contributed by atoms with van der Waals surface area (Å²) < 4.78 is 14.0. The number of halogens is 2. The molecule has 1 aliphatic carbocycles. The van der Waals surface area contributed by atoms with E-state index in [0.717, 1.165) is 18.9 Å². The highest BCUT2D eigenvalue weighted by Crippen LogP contribution is 2.22. The van der Waals surface area contributed by atoms with E-state index in [1.807, 2.05) is 17.1 Å². The number of rotatable bonds is 2. The average Bonchev–Trinajstić information content (AvgIpc) is 2.98. The minimum absolute atomic E-state index is 0.0270. The molecule has 2 amide bonds. The Hall–Kier alpha value is -1.88. The van der Waals surface area contributed by atoms with Crippen molar-refractivity contribution in [3.8, 4) is 0 Å². The van der Waals surface area contributed by atoms with Gasteiger partial charge in [0.2, 0.25) is 5.91 Å². The molecule has 0 spiro atoms. The van der Waals surface area contributed by atoms with Crippen molar-refractivity contribution in [2.24, 2.45) is 5.92 Å². The molecule has 1 fully saturated rings. The van der Waals surface area contributed by atoms with E-state index in [1.54, 1.807) is 4.90 Å². The van der Waals surface area contributed by atoms with Crippen molar-refractivity contribution in [3.05, 3.63) is 46.8 Å². The maximum atomic E-state index is 14.0. The van der Waals surface area contributed by atoms with Crippen molar-refractivity contribution >= 4 is 23.4 Å². The first kappa shape index (κ1) is 17.0. The predicted molar refractivity (Wildman–Crippen MR) is 90.4 cm³/mol. The first-order valence-corrected chi connectivity index (χ1v) is 8.62. The van der Waals surface area contributed by atoms with Crippen LogP contribution in [0.1, 0.15) is 29.6 Å². The second kappa shape index (κ2) is 7.34. The van der Waals surface area contributed by atoms with Crippen LogP contribution in [-0.2, 0) is 4.79 Å². The van der Waals surface area contributed by atoms with Gasteiger partial charge in [0.15, 0.2) is 0 Å². The van der Waals surface area contributed by atoms with Gasteiger partial charge >= 0.3 is 0 Å². The molecular weight excluding hydrogens is 331 g/mol. The Bertz CT molecular complexity index is 669. The molecule has 1 aromatic rings. The lowest BCUT2D eigenvalue weighted by molar-refractivity contribution is -0.135. The minimum atomic E-state index is -0.610. The number of hydrogen-bond acceptors (Lipinski definition) is 2. The summed E-state index contributed by atoms with van der Waals surface area (Å²) in [4.78, 5) is 28.5. The quantitative estimate of drug-likeness (QED) is 0.769. The lowest BCUT2D eigenvalue weighted by Gasteiger charge is -2.24. The summed E-state index contributed by atoms with van der Waals surface area (Å²) in [5.74, 6) is -0.754. The maximum Gasteiger partial charge on any atom is 0.256 e. The van der Waals surface area contributed by atoms with Crippen LogP contribution in [0.25, 0.3) is 0 Å². The number of nitrogens with zero attached hydrogens (tertiary/aromatic N) is 2. The molecule has 128 valence electrons. The normalized spacial score (nSPS) is 18.8. The molecule has 0 unspecified atom stereocenters. The van der Waals surface area contributed by atoms with E-state index in [4.69, 9.17) is 11.6 Å². The third-order valence-electron chi connectivity index (χ3n) is 4.61. The molecule has 1 heterocycles. The van der Waals surface area contributed by atoms with E-state index in [-0.39, 0.29) is 28.3 Å². The van der Waals surface area contributed by atoms with Crippen LogP contribution in [0.15, 0.2) is 30.4 Å². The van der Waals surface area contributed by atoms with Crippen LogP contribution < -0.4 is 0 Å². The fourth-order valence-electron chi connectivity index (χ4n) is 3.25. The van der Waals surface area contributed by atoms with Gasteiger partial charge in [-0.05, 0) is 37.5 Å². The van der Waals surface area contributed by atoms with Crippen molar-refractivity contribution in [2.45, 2.75) is 19.3 Å².